The second kappa shape index (κ2) is 8.04. The lowest BCUT2D eigenvalue weighted by Gasteiger charge is -2.30. The zero-order valence-electron chi connectivity index (χ0n) is 17.8. The molecule has 0 saturated carbocycles. The molecule has 6 nitrogen and oxygen atoms in total. The van der Waals surface area contributed by atoms with E-state index in [2.05, 4.69) is 26.6 Å². The van der Waals surface area contributed by atoms with Crippen molar-refractivity contribution in [3.63, 3.8) is 0 Å². The van der Waals surface area contributed by atoms with Crippen LogP contribution in [0, 0.1) is 6.92 Å². The molecule has 0 N–H and O–H groups in total. The first-order chi connectivity index (χ1) is 15.1. The SMILES string of the molecule is COc1ccc2c(c1)C=C(CN1CC=C(n3c(C)nc(=O)c4ccccc43)CC1)CO2. The van der Waals surface area contributed by atoms with Crippen molar-refractivity contribution in [3.05, 3.63) is 75.9 Å². The maximum absolute atomic E-state index is 12.3. The van der Waals surface area contributed by atoms with E-state index in [1.807, 2.05) is 49.4 Å². The molecule has 5 rings (SSSR count). The summed E-state index contributed by atoms with van der Waals surface area (Å²) >= 11 is 0. The molecule has 3 heterocycles. The Kier molecular flexibility index (Phi) is 5.08. The third-order valence-electron chi connectivity index (χ3n) is 5.94. The van der Waals surface area contributed by atoms with E-state index in [-0.39, 0.29) is 5.56 Å². The van der Waals surface area contributed by atoms with Gasteiger partial charge in [0.15, 0.2) is 0 Å². The third kappa shape index (κ3) is 3.75. The van der Waals surface area contributed by atoms with Crippen molar-refractivity contribution in [2.45, 2.75) is 13.3 Å². The molecule has 0 fully saturated rings. The average molecular weight is 415 g/mol. The molecule has 0 unspecified atom stereocenters. The highest BCUT2D eigenvalue weighted by Crippen LogP contribution is 2.30. The molecule has 158 valence electrons. The Morgan fingerprint density at radius 2 is 2.06 bits per heavy atom. The van der Waals surface area contributed by atoms with Crippen LogP contribution in [0.5, 0.6) is 11.5 Å². The van der Waals surface area contributed by atoms with Crippen LogP contribution in [0.15, 0.2) is 58.9 Å². The normalized spacial score (nSPS) is 16.3. The van der Waals surface area contributed by atoms with Crippen LogP contribution in [0.2, 0.25) is 0 Å². The molecule has 3 aromatic rings. The van der Waals surface area contributed by atoms with Gasteiger partial charge in [0.05, 0.1) is 18.0 Å². The summed E-state index contributed by atoms with van der Waals surface area (Å²) in [5.41, 5.74) is 4.28. The van der Waals surface area contributed by atoms with Gasteiger partial charge in [0, 0.05) is 37.3 Å². The van der Waals surface area contributed by atoms with Gasteiger partial charge >= 0.3 is 0 Å². The van der Waals surface area contributed by atoms with Crippen LogP contribution in [0.1, 0.15) is 17.8 Å². The number of nitrogens with zero attached hydrogens (tertiary/aromatic N) is 3. The molecule has 0 spiro atoms. The molecule has 2 aliphatic heterocycles. The Labute approximate surface area is 181 Å². The van der Waals surface area contributed by atoms with Crippen LogP contribution in [0.3, 0.4) is 0 Å². The fourth-order valence-electron chi connectivity index (χ4n) is 4.40. The fourth-order valence-corrected chi connectivity index (χ4v) is 4.40. The third-order valence-corrected chi connectivity index (χ3v) is 5.94. The van der Waals surface area contributed by atoms with Gasteiger partial charge in [-0.3, -0.25) is 9.69 Å². The predicted molar refractivity (Wildman–Crippen MR) is 123 cm³/mol. The van der Waals surface area contributed by atoms with E-state index < -0.39 is 0 Å². The summed E-state index contributed by atoms with van der Waals surface area (Å²) in [5.74, 6) is 2.47. The van der Waals surface area contributed by atoms with Crippen molar-refractivity contribution in [1.29, 1.82) is 0 Å². The summed E-state index contributed by atoms with van der Waals surface area (Å²) in [6.07, 6.45) is 5.36. The Bertz CT molecular complexity index is 1270. The largest absolute Gasteiger partial charge is 0.497 e. The number of rotatable bonds is 4. The highest BCUT2D eigenvalue weighted by Gasteiger charge is 2.19. The first kappa shape index (κ1) is 19.6. The summed E-state index contributed by atoms with van der Waals surface area (Å²) in [5, 5.41) is 0.662. The first-order valence-corrected chi connectivity index (χ1v) is 10.5. The summed E-state index contributed by atoms with van der Waals surface area (Å²) < 4.78 is 13.4. The summed E-state index contributed by atoms with van der Waals surface area (Å²) in [6, 6.07) is 13.6. The van der Waals surface area contributed by atoms with Crippen molar-refractivity contribution in [2.24, 2.45) is 0 Å². The Morgan fingerprint density at radius 3 is 2.87 bits per heavy atom. The molecule has 0 radical (unpaired) electrons. The van der Waals surface area contributed by atoms with E-state index >= 15 is 0 Å². The van der Waals surface area contributed by atoms with E-state index in [1.165, 1.54) is 11.3 Å². The van der Waals surface area contributed by atoms with Gasteiger partial charge in [-0.05, 0) is 48.9 Å². The van der Waals surface area contributed by atoms with E-state index in [0.29, 0.717) is 12.0 Å². The monoisotopic (exact) mass is 415 g/mol. The number of benzene rings is 2. The molecule has 2 aromatic carbocycles. The topological polar surface area (TPSA) is 56.6 Å². The number of para-hydroxylation sites is 1. The molecule has 0 atom stereocenters. The van der Waals surface area contributed by atoms with E-state index in [0.717, 1.165) is 54.5 Å². The van der Waals surface area contributed by atoms with Crippen molar-refractivity contribution in [1.82, 2.24) is 14.5 Å². The number of hydrogen-bond acceptors (Lipinski definition) is 5. The van der Waals surface area contributed by atoms with Gasteiger partial charge in [0.25, 0.3) is 5.56 Å². The smallest absolute Gasteiger partial charge is 0.280 e. The average Bonchev–Trinajstić information content (AvgIpc) is 2.79. The summed E-state index contributed by atoms with van der Waals surface area (Å²) in [6.45, 7) is 5.16. The quantitative estimate of drug-likeness (QED) is 0.650. The number of ether oxygens (including phenoxy) is 2. The Morgan fingerprint density at radius 1 is 1.19 bits per heavy atom. The number of aryl methyl sites for hydroxylation is 1. The van der Waals surface area contributed by atoms with Crippen molar-refractivity contribution in [3.8, 4) is 11.5 Å². The first-order valence-electron chi connectivity index (χ1n) is 10.5. The highest BCUT2D eigenvalue weighted by atomic mass is 16.5. The molecule has 0 saturated heterocycles. The van der Waals surface area contributed by atoms with Crippen molar-refractivity contribution < 1.29 is 9.47 Å². The predicted octanol–water partition coefficient (Wildman–Crippen LogP) is 3.74. The molecule has 1 aromatic heterocycles. The highest BCUT2D eigenvalue weighted by molar-refractivity contribution is 5.81. The summed E-state index contributed by atoms with van der Waals surface area (Å²) in [4.78, 5) is 18.9. The van der Waals surface area contributed by atoms with Crippen molar-refractivity contribution in [2.75, 3.05) is 33.4 Å². The zero-order chi connectivity index (χ0) is 21.4. The molecule has 0 bridgehead atoms. The van der Waals surface area contributed by atoms with E-state index in [4.69, 9.17) is 9.47 Å². The molecule has 0 aliphatic carbocycles. The second-order valence-electron chi connectivity index (χ2n) is 7.99. The standard InChI is InChI=1S/C25H25N3O3/c1-17-26-25(29)22-5-3-4-6-23(22)28(17)20-9-11-27(12-10-20)15-18-13-19-14-21(30-2)7-8-24(19)31-16-18/h3-9,13-14H,10-12,15-16H2,1-2H3. The molecule has 31 heavy (non-hydrogen) atoms. The molecular formula is C25H25N3O3. The molecule has 2 aliphatic rings. The Hall–Kier alpha value is -3.38. The van der Waals surface area contributed by atoms with Gasteiger partial charge < -0.3 is 14.0 Å². The lowest BCUT2D eigenvalue weighted by atomic mass is 10.1. The van der Waals surface area contributed by atoms with Gasteiger partial charge in [-0.15, -0.1) is 0 Å². The van der Waals surface area contributed by atoms with Crippen LogP contribution in [-0.2, 0) is 0 Å². The number of aromatic nitrogens is 2. The van der Waals surface area contributed by atoms with E-state index in [1.54, 1.807) is 7.11 Å². The van der Waals surface area contributed by atoms with Crippen LogP contribution in [0.4, 0.5) is 0 Å². The van der Waals surface area contributed by atoms with Crippen LogP contribution < -0.4 is 15.0 Å². The van der Waals surface area contributed by atoms with Crippen molar-refractivity contribution >= 4 is 22.7 Å². The molecule has 6 heteroatoms. The maximum Gasteiger partial charge on any atom is 0.280 e. The van der Waals surface area contributed by atoms with Crippen LogP contribution in [0.25, 0.3) is 22.7 Å². The van der Waals surface area contributed by atoms with Gasteiger partial charge in [0.2, 0.25) is 0 Å². The minimum absolute atomic E-state index is 0.163. The maximum atomic E-state index is 12.3. The van der Waals surface area contributed by atoms with Gasteiger partial charge in [-0.1, -0.05) is 18.2 Å². The zero-order valence-corrected chi connectivity index (χ0v) is 17.8. The van der Waals surface area contributed by atoms with Gasteiger partial charge in [-0.25, -0.2) is 0 Å². The number of hydrogen-bond donors (Lipinski definition) is 0. The Balaban J connectivity index is 1.36. The van der Waals surface area contributed by atoms with Gasteiger partial charge in [0.1, 0.15) is 23.9 Å². The minimum atomic E-state index is -0.163. The second-order valence-corrected chi connectivity index (χ2v) is 7.99. The fraction of sp³-hybridized carbons (Fsp3) is 0.280. The van der Waals surface area contributed by atoms with Crippen LogP contribution >= 0.6 is 0 Å². The lowest BCUT2D eigenvalue weighted by Crippen LogP contribution is -2.33. The number of methoxy groups -OCH3 is 1. The molecule has 0 amide bonds. The lowest BCUT2D eigenvalue weighted by molar-refractivity contribution is 0.290. The van der Waals surface area contributed by atoms with Crippen LogP contribution in [-0.4, -0.2) is 47.8 Å². The minimum Gasteiger partial charge on any atom is -0.497 e. The van der Waals surface area contributed by atoms with Gasteiger partial charge in [-0.2, -0.15) is 4.98 Å². The summed E-state index contributed by atoms with van der Waals surface area (Å²) in [7, 11) is 1.68. The molecular weight excluding hydrogens is 390 g/mol. The van der Waals surface area contributed by atoms with E-state index in [9.17, 15) is 4.79 Å². The number of fused-ring (bicyclic) bond motifs is 2.